The molecule has 1 aromatic rings. The van der Waals surface area contributed by atoms with E-state index < -0.39 is 0 Å². The molecule has 1 N–H and O–H groups in total. The predicted octanol–water partition coefficient (Wildman–Crippen LogP) is 3.00. The fourth-order valence-electron chi connectivity index (χ4n) is 2.34. The molecule has 4 nitrogen and oxygen atoms in total. The second kappa shape index (κ2) is 7.81. The normalized spacial score (nSPS) is 12.1. The first-order valence-corrected chi connectivity index (χ1v) is 7.43. The lowest BCUT2D eigenvalue weighted by atomic mass is 9.99. The van der Waals surface area contributed by atoms with E-state index in [2.05, 4.69) is 56.1 Å². The highest BCUT2D eigenvalue weighted by Gasteiger charge is 2.14. The molecule has 0 heterocycles. The number of amides is 2. The number of carbonyl (C=O) groups excluding carboxylic acids is 2. The highest BCUT2D eigenvalue weighted by atomic mass is 16.2. The molecule has 1 unspecified atom stereocenters. The van der Waals surface area contributed by atoms with Crippen molar-refractivity contribution in [3.63, 3.8) is 0 Å². The summed E-state index contributed by atoms with van der Waals surface area (Å²) >= 11 is 0. The van der Waals surface area contributed by atoms with Crippen molar-refractivity contribution in [1.29, 1.82) is 0 Å². The van der Waals surface area contributed by atoms with E-state index in [1.165, 1.54) is 16.8 Å². The van der Waals surface area contributed by atoms with Crippen LogP contribution in [0.3, 0.4) is 0 Å². The molecule has 0 aliphatic carbocycles. The van der Waals surface area contributed by atoms with E-state index in [0.717, 1.165) is 0 Å². The molecule has 1 rings (SSSR count). The number of hydrogen-bond acceptors (Lipinski definition) is 3. The first-order valence-electron chi connectivity index (χ1n) is 7.43. The number of nitrogens with one attached hydrogen (secondary N) is 1. The molecule has 0 aromatic heterocycles. The van der Waals surface area contributed by atoms with Gasteiger partial charge in [0.25, 0.3) is 0 Å². The molecule has 21 heavy (non-hydrogen) atoms. The van der Waals surface area contributed by atoms with Crippen molar-refractivity contribution in [2.75, 3.05) is 11.9 Å². The van der Waals surface area contributed by atoms with Gasteiger partial charge in [0, 0.05) is 25.2 Å². The maximum absolute atomic E-state index is 11.3. The minimum absolute atomic E-state index is 0.225. The van der Waals surface area contributed by atoms with E-state index in [-0.39, 0.29) is 11.9 Å². The van der Waals surface area contributed by atoms with Gasteiger partial charge in [-0.2, -0.15) is 0 Å². The number of anilines is 1. The number of imide groups is 1. The zero-order valence-corrected chi connectivity index (χ0v) is 13.6. The van der Waals surface area contributed by atoms with E-state index in [1.807, 2.05) is 7.05 Å². The van der Waals surface area contributed by atoms with E-state index in [4.69, 9.17) is 0 Å². The molecule has 0 saturated carbocycles. The second-order valence-electron chi connectivity index (χ2n) is 5.88. The smallest absolute Gasteiger partial charge is 0.226 e. The number of nitrogens with zero attached hydrogens (tertiary/aromatic N) is 1. The van der Waals surface area contributed by atoms with Gasteiger partial charge in [-0.15, -0.1) is 0 Å². The number of hydrogen-bond donors (Lipinski definition) is 1. The molecule has 0 spiro atoms. The third-order valence-electron chi connectivity index (χ3n) is 3.94. The van der Waals surface area contributed by atoms with E-state index >= 15 is 0 Å². The summed E-state index contributed by atoms with van der Waals surface area (Å²) in [7, 11) is 2.04. The van der Waals surface area contributed by atoms with Crippen LogP contribution in [-0.2, 0) is 9.59 Å². The van der Waals surface area contributed by atoms with Gasteiger partial charge in [0.2, 0.25) is 12.3 Å². The lowest BCUT2D eigenvalue weighted by Crippen LogP contribution is -2.31. The highest BCUT2D eigenvalue weighted by molar-refractivity contribution is 5.85. The molecule has 0 bridgehead atoms. The number of carbonyl (C=O) groups is 2. The Morgan fingerprint density at radius 3 is 2.52 bits per heavy atom. The third kappa shape index (κ3) is 4.88. The molecule has 2 amide bonds. The van der Waals surface area contributed by atoms with Crippen LogP contribution in [0.2, 0.25) is 0 Å². The largest absolute Gasteiger partial charge is 0.372 e. The van der Waals surface area contributed by atoms with Crippen LogP contribution in [0.1, 0.15) is 50.7 Å². The van der Waals surface area contributed by atoms with Gasteiger partial charge in [-0.25, -0.2) is 0 Å². The molecule has 4 heteroatoms. The maximum atomic E-state index is 11.3. The fourth-order valence-corrected chi connectivity index (χ4v) is 2.34. The Kier molecular flexibility index (Phi) is 6.40. The van der Waals surface area contributed by atoms with Crippen LogP contribution in [-0.4, -0.2) is 25.4 Å². The van der Waals surface area contributed by atoms with Crippen molar-refractivity contribution in [2.24, 2.45) is 0 Å². The number of aryl methyl sites for hydroxylation is 1. The van der Waals surface area contributed by atoms with Crippen LogP contribution in [0.4, 0.5) is 5.69 Å². The quantitative estimate of drug-likeness (QED) is 0.785. The molecular formula is C17H26N2O2. The molecule has 0 fully saturated rings. The van der Waals surface area contributed by atoms with E-state index in [1.54, 1.807) is 0 Å². The molecule has 1 atom stereocenters. The zero-order chi connectivity index (χ0) is 16.0. The van der Waals surface area contributed by atoms with Crippen LogP contribution in [0.5, 0.6) is 0 Å². The third-order valence-corrected chi connectivity index (χ3v) is 3.94. The Bertz CT molecular complexity index is 498. The van der Waals surface area contributed by atoms with Crippen LogP contribution in [0.25, 0.3) is 0 Å². The van der Waals surface area contributed by atoms with Crippen molar-refractivity contribution >= 4 is 18.0 Å². The fraction of sp³-hybridized carbons (Fsp3) is 0.529. The number of rotatable bonds is 7. The van der Waals surface area contributed by atoms with Crippen LogP contribution in [0.15, 0.2) is 18.2 Å². The maximum Gasteiger partial charge on any atom is 0.226 e. The first kappa shape index (κ1) is 17.2. The van der Waals surface area contributed by atoms with Gasteiger partial charge < -0.3 is 4.90 Å². The van der Waals surface area contributed by atoms with Gasteiger partial charge in [0.15, 0.2) is 0 Å². The average Bonchev–Trinajstić information content (AvgIpc) is 2.44. The number of benzene rings is 1. The van der Waals surface area contributed by atoms with Gasteiger partial charge in [0.1, 0.15) is 0 Å². The molecule has 0 aliphatic rings. The van der Waals surface area contributed by atoms with Gasteiger partial charge >= 0.3 is 0 Å². The lowest BCUT2D eigenvalue weighted by molar-refractivity contribution is -0.125. The summed E-state index contributed by atoms with van der Waals surface area (Å²) < 4.78 is 0. The Labute approximate surface area is 127 Å². The topological polar surface area (TPSA) is 49.4 Å². The summed E-state index contributed by atoms with van der Waals surface area (Å²) in [6.07, 6.45) is 1.50. The van der Waals surface area contributed by atoms with Crippen molar-refractivity contribution in [2.45, 2.75) is 52.5 Å². The van der Waals surface area contributed by atoms with Gasteiger partial charge in [-0.3, -0.25) is 14.9 Å². The Hall–Kier alpha value is -1.84. The summed E-state index contributed by atoms with van der Waals surface area (Å²) in [6, 6.07) is 6.76. The first-order chi connectivity index (χ1) is 9.86. The zero-order valence-electron chi connectivity index (χ0n) is 13.6. The Balaban J connectivity index is 2.71. The van der Waals surface area contributed by atoms with Crippen molar-refractivity contribution < 1.29 is 9.59 Å². The lowest BCUT2D eigenvalue weighted by Gasteiger charge is -2.29. The summed E-state index contributed by atoms with van der Waals surface area (Å²) in [5.41, 5.74) is 3.76. The van der Waals surface area contributed by atoms with Gasteiger partial charge in [0.05, 0.1) is 0 Å². The van der Waals surface area contributed by atoms with Gasteiger partial charge in [-0.1, -0.05) is 26.0 Å². The second-order valence-corrected chi connectivity index (χ2v) is 5.88. The van der Waals surface area contributed by atoms with Crippen molar-refractivity contribution in [1.82, 2.24) is 5.32 Å². The van der Waals surface area contributed by atoms with E-state index in [9.17, 15) is 9.59 Å². The standard InChI is InChI=1S/C17H26N2O2/c1-12(2)15-7-8-16(13(3)10-15)19(5)14(4)6-9-17(21)18-11-20/h7-8,10-12,14H,6,9H2,1-5H3,(H,18,20,21). The minimum Gasteiger partial charge on any atom is -0.372 e. The summed E-state index contributed by atoms with van der Waals surface area (Å²) in [6.45, 7) is 8.58. The monoisotopic (exact) mass is 290 g/mol. The molecular weight excluding hydrogens is 264 g/mol. The molecule has 0 aliphatic heterocycles. The van der Waals surface area contributed by atoms with Crippen molar-refractivity contribution in [3.05, 3.63) is 29.3 Å². The SMILES string of the molecule is Cc1cc(C(C)C)ccc1N(C)C(C)CCC(=O)NC=O. The van der Waals surface area contributed by atoms with Crippen LogP contribution < -0.4 is 10.2 Å². The van der Waals surface area contributed by atoms with Crippen LogP contribution >= 0.6 is 0 Å². The highest BCUT2D eigenvalue weighted by Crippen LogP contribution is 2.26. The molecule has 1 aromatic carbocycles. The summed E-state index contributed by atoms with van der Waals surface area (Å²) in [5, 5.41) is 2.17. The van der Waals surface area contributed by atoms with Crippen molar-refractivity contribution in [3.8, 4) is 0 Å². The summed E-state index contributed by atoms with van der Waals surface area (Å²) in [5.74, 6) is 0.296. The Morgan fingerprint density at radius 2 is 2.00 bits per heavy atom. The molecule has 0 saturated heterocycles. The average molecular weight is 290 g/mol. The minimum atomic E-state index is -0.225. The molecule has 116 valence electrons. The van der Waals surface area contributed by atoms with Gasteiger partial charge in [-0.05, 0) is 43.4 Å². The van der Waals surface area contributed by atoms with Crippen LogP contribution in [0, 0.1) is 6.92 Å². The van der Waals surface area contributed by atoms with E-state index in [0.29, 0.717) is 25.2 Å². The molecule has 0 radical (unpaired) electrons. The predicted molar refractivity (Wildman–Crippen MR) is 86.6 cm³/mol. The Morgan fingerprint density at radius 1 is 1.33 bits per heavy atom. The summed E-state index contributed by atoms with van der Waals surface area (Å²) in [4.78, 5) is 23.7.